The van der Waals surface area contributed by atoms with Gasteiger partial charge in [0.05, 0.1) is 18.9 Å². The zero-order chi connectivity index (χ0) is 16.2. The Labute approximate surface area is 139 Å². The minimum Gasteiger partial charge on any atom is -0.379 e. The molecule has 3 rings (SSSR count). The van der Waals surface area contributed by atoms with Gasteiger partial charge >= 0.3 is 0 Å². The molecule has 0 aliphatic carbocycles. The first-order valence-corrected chi connectivity index (χ1v) is 8.62. The highest BCUT2D eigenvalue weighted by atomic mass is 16.5. The third-order valence-corrected chi connectivity index (χ3v) is 4.57. The Morgan fingerprint density at radius 2 is 1.78 bits per heavy atom. The zero-order valence-corrected chi connectivity index (χ0v) is 14.5. The summed E-state index contributed by atoms with van der Waals surface area (Å²) in [4.78, 5) is 2.45. The number of aryl methyl sites for hydroxylation is 2. The van der Waals surface area contributed by atoms with Crippen LogP contribution in [0, 0.1) is 13.8 Å². The highest BCUT2D eigenvalue weighted by molar-refractivity contribution is 5.68. The first-order chi connectivity index (χ1) is 11.2. The molecule has 0 saturated carbocycles. The lowest BCUT2D eigenvalue weighted by molar-refractivity contribution is 0.0342. The van der Waals surface area contributed by atoms with E-state index in [2.05, 4.69) is 59.7 Å². The number of benzene rings is 1. The molecule has 0 spiro atoms. The second-order valence-electron chi connectivity index (χ2n) is 6.35. The molecule has 0 atom stereocenters. The highest BCUT2D eigenvalue weighted by Gasteiger charge is 2.14. The fraction of sp³-hybridized carbons (Fsp3) is 0.526. The van der Waals surface area contributed by atoms with E-state index in [-0.39, 0.29) is 0 Å². The summed E-state index contributed by atoms with van der Waals surface area (Å²) in [6, 6.07) is 8.98. The van der Waals surface area contributed by atoms with Crippen LogP contribution in [0.25, 0.3) is 11.1 Å². The number of hydrogen-bond acceptors (Lipinski definition) is 3. The number of ether oxygens (including phenoxy) is 1. The van der Waals surface area contributed by atoms with E-state index in [1.807, 2.05) is 0 Å². The van der Waals surface area contributed by atoms with Gasteiger partial charge in [-0.05, 0) is 31.4 Å². The Bertz CT molecular complexity index is 639. The lowest BCUT2D eigenvalue weighted by atomic mass is 10.0. The van der Waals surface area contributed by atoms with Gasteiger partial charge < -0.3 is 4.74 Å². The van der Waals surface area contributed by atoms with Crippen molar-refractivity contribution in [2.24, 2.45) is 0 Å². The van der Waals surface area contributed by atoms with Crippen LogP contribution in [0.3, 0.4) is 0 Å². The predicted octanol–water partition coefficient (Wildman–Crippen LogP) is 3.41. The molecule has 4 heteroatoms. The largest absolute Gasteiger partial charge is 0.379 e. The minimum absolute atomic E-state index is 0.854. The topological polar surface area (TPSA) is 30.3 Å². The molecule has 1 aliphatic rings. The van der Waals surface area contributed by atoms with Crippen molar-refractivity contribution in [2.75, 3.05) is 26.3 Å². The van der Waals surface area contributed by atoms with Crippen molar-refractivity contribution in [1.29, 1.82) is 0 Å². The van der Waals surface area contributed by atoms with Crippen LogP contribution in [0.2, 0.25) is 0 Å². The molecule has 4 nitrogen and oxygen atoms in total. The van der Waals surface area contributed by atoms with Crippen molar-refractivity contribution in [3.8, 4) is 11.1 Å². The summed E-state index contributed by atoms with van der Waals surface area (Å²) in [6.45, 7) is 12.2. The predicted molar refractivity (Wildman–Crippen MR) is 93.5 cm³/mol. The van der Waals surface area contributed by atoms with Gasteiger partial charge in [0.1, 0.15) is 0 Å². The van der Waals surface area contributed by atoms with Crippen molar-refractivity contribution < 1.29 is 4.74 Å². The van der Waals surface area contributed by atoms with E-state index in [4.69, 9.17) is 4.74 Å². The van der Waals surface area contributed by atoms with E-state index in [1.54, 1.807) is 0 Å². The molecule has 124 valence electrons. The number of hydrogen-bond donors (Lipinski definition) is 0. The van der Waals surface area contributed by atoms with Gasteiger partial charge in [0.15, 0.2) is 0 Å². The third-order valence-electron chi connectivity index (χ3n) is 4.57. The van der Waals surface area contributed by atoms with Crippen LogP contribution in [-0.2, 0) is 17.8 Å². The molecule has 0 N–H and O–H groups in total. The minimum atomic E-state index is 0.854. The average Bonchev–Trinajstić information content (AvgIpc) is 2.84. The van der Waals surface area contributed by atoms with Gasteiger partial charge in [-0.3, -0.25) is 9.58 Å². The third kappa shape index (κ3) is 3.65. The summed E-state index contributed by atoms with van der Waals surface area (Å²) in [5.41, 5.74) is 6.32. The van der Waals surface area contributed by atoms with Gasteiger partial charge in [0.2, 0.25) is 0 Å². The Balaban J connectivity index is 1.76. The molecule has 1 aromatic heterocycles. The van der Waals surface area contributed by atoms with E-state index in [1.165, 1.54) is 22.4 Å². The molecular formula is C19H27N3O. The fourth-order valence-corrected chi connectivity index (χ4v) is 3.34. The standard InChI is InChI=1S/C19H27N3O/c1-4-9-22-16(3)19(15(2)20-22)18-7-5-17(6-8-18)14-21-10-12-23-13-11-21/h5-8H,4,9-14H2,1-3H3. The molecule has 0 bridgehead atoms. The maximum Gasteiger partial charge on any atom is 0.0674 e. The average molecular weight is 313 g/mol. The Kier molecular flexibility index (Phi) is 5.13. The summed E-state index contributed by atoms with van der Waals surface area (Å²) in [6.07, 6.45) is 1.11. The number of morpholine rings is 1. The zero-order valence-electron chi connectivity index (χ0n) is 14.5. The van der Waals surface area contributed by atoms with Crippen molar-refractivity contribution >= 4 is 0 Å². The second kappa shape index (κ2) is 7.28. The van der Waals surface area contributed by atoms with E-state index < -0.39 is 0 Å². The van der Waals surface area contributed by atoms with Crippen LogP contribution in [0.1, 0.15) is 30.3 Å². The van der Waals surface area contributed by atoms with Gasteiger partial charge in [0, 0.05) is 37.4 Å². The van der Waals surface area contributed by atoms with Crippen molar-refractivity contribution in [3.05, 3.63) is 41.2 Å². The lowest BCUT2D eigenvalue weighted by Crippen LogP contribution is -2.35. The summed E-state index contributed by atoms with van der Waals surface area (Å²) in [7, 11) is 0. The second-order valence-corrected chi connectivity index (χ2v) is 6.35. The van der Waals surface area contributed by atoms with Crippen molar-refractivity contribution in [2.45, 2.75) is 40.3 Å². The Morgan fingerprint density at radius 3 is 2.43 bits per heavy atom. The molecule has 1 aromatic carbocycles. The summed E-state index contributed by atoms with van der Waals surface area (Å²) in [5, 5.41) is 4.69. The quantitative estimate of drug-likeness (QED) is 0.847. The molecule has 1 aliphatic heterocycles. The van der Waals surface area contributed by atoms with E-state index in [0.29, 0.717) is 0 Å². The van der Waals surface area contributed by atoms with Crippen molar-refractivity contribution in [3.63, 3.8) is 0 Å². The van der Waals surface area contributed by atoms with Crippen LogP contribution in [0.5, 0.6) is 0 Å². The lowest BCUT2D eigenvalue weighted by Gasteiger charge is -2.26. The van der Waals surface area contributed by atoms with E-state index in [9.17, 15) is 0 Å². The summed E-state index contributed by atoms with van der Waals surface area (Å²) in [5.74, 6) is 0. The van der Waals surface area contributed by atoms with Crippen LogP contribution < -0.4 is 0 Å². The Morgan fingerprint density at radius 1 is 1.09 bits per heavy atom. The van der Waals surface area contributed by atoms with Gasteiger partial charge in [-0.2, -0.15) is 5.10 Å². The first kappa shape index (κ1) is 16.2. The van der Waals surface area contributed by atoms with Gasteiger partial charge in [0.25, 0.3) is 0 Å². The number of aromatic nitrogens is 2. The molecule has 1 fully saturated rings. The van der Waals surface area contributed by atoms with Crippen molar-refractivity contribution in [1.82, 2.24) is 14.7 Å². The normalized spacial score (nSPS) is 16.0. The monoisotopic (exact) mass is 313 g/mol. The van der Waals surface area contributed by atoms with Crippen LogP contribution in [-0.4, -0.2) is 41.0 Å². The summed E-state index contributed by atoms with van der Waals surface area (Å²) < 4.78 is 7.54. The number of rotatable bonds is 5. The van der Waals surface area contributed by atoms with Crippen LogP contribution in [0.15, 0.2) is 24.3 Å². The van der Waals surface area contributed by atoms with Gasteiger partial charge in [-0.15, -0.1) is 0 Å². The molecule has 23 heavy (non-hydrogen) atoms. The first-order valence-electron chi connectivity index (χ1n) is 8.62. The molecule has 0 amide bonds. The molecule has 0 radical (unpaired) electrons. The highest BCUT2D eigenvalue weighted by Crippen LogP contribution is 2.27. The maximum absolute atomic E-state index is 5.41. The van der Waals surface area contributed by atoms with Gasteiger partial charge in [-0.1, -0.05) is 31.2 Å². The van der Waals surface area contributed by atoms with E-state index in [0.717, 1.165) is 51.5 Å². The summed E-state index contributed by atoms with van der Waals surface area (Å²) >= 11 is 0. The maximum atomic E-state index is 5.41. The Hall–Kier alpha value is -1.65. The number of nitrogens with zero attached hydrogens (tertiary/aromatic N) is 3. The van der Waals surface area contributed by atoms with Gasteiger partial charge in [-0.25, -0.2) is 0 Å². The fourth-order valence-electron chi connectivity index (χ4n) is 3.34. The van der Waals surface area contributed by atoms with Crippen LogP contribution >= 0.6 is 0 Å². The molecule has 2 heterocycles. The SMILES string of the molecule is CCCn1nc(C)c(-c2ccc(CN3CCOCC3)cc2)c1C. The van der Waals surface area contributed by atoms with E-state index >= 15 is 0 Å². The smallest absolute Gasteiger partial charge is 0.0674 e. The molecular weight excluding hydrogens is 286 g/mol. The van der Waals surface area contributed by atoms with Crippen LogP contribution in [0.4, 0.5) is 0 Å². The molecule has 2 aromatic rings. The molecule has 1 saturated heterocycles. The molecule has 0 unspecified atom stereocenters.